The molecule has 202 valence electrons. The summed E-state index contributed by atoms with van der Waals surface area (Å²) < 4.78 is 5.91. The Morgan fingerprint density at radius 1 is 0.500 bits per heavy atom. The minimum atomic E-state index is 0.0691. The van der Waals surface area contributed by atoms with Gasteiger partial charge >= 0.3 is 5.97 Å². The van der Waals surface area contributed by atoms with E-state index in [0.717, 1.165) is 19.3 Å². The van der Waals surface area contributed by atoms with Crippen molar-refractivity contribution in [2.24, 2.45) is 0 Å². The molecule has 0 bridgehead atoms. The number of ether oxygens (including phenoxy) is 1. The van der Waals surface area contributed by atoms with E-state index in [0.29, 0.717) is 6.42 Å². The zero-order valence-electron chi connectivity index (χ0n) is 23.4. The predicted octanol–water partition coefficient (Wildman–Crippen LogP) is 11.2. The maximum atomic E-state index is 12.4. The van der Waals surface area contributed by atoms with Gasteiger partial charge in [0.25, 0.3) is 0 Å². The summed E-state index contributed by atoms with van der Waals surface area (Å²) in [5.74, 6) is 0.0691. The Labute approximate surface area is 214 Å². The normalized spacial score (nSPS) is 17.0. The molecule has 0 aromatic rings. The number of carbonyl (C=O) groups excluding carboxylic acids is 1. The van der Waals surface area contributed by atoms with E-state index in [-0.39, 0.29) is 12.1 Å². The third-order valence-corrected chi connectivity index (χ3v) is 7.83. The molecule has 0 unspecified atom stereocenters. The molecule has 0 aromatic heterocycles. The van der Waals surface area contributed by atoms with Crippen molar-refractivity contribution in [3.8, 4) is 0 Å². The van der Waals surface area contributed by atoms with Gasteiger partial charge in [-0.25, -0.2) is 0 Å². The van der Waals surface area contributed by atoms with Crippen LogP contribution in [-0.2, 0) is 9.53 Å². The van der Waals surface area contributed by atoms with Crippen LogP contribution in [0.15, 0.2) is 0 Å². The van der Waals surface area contributed by atoms with Crippen LogP contribution in [0.3, 0.4) is 0 Å². The molecular formula is C32H62O2. The molecule has 1 saturated carbocycles. The lowest BCUT2D eigenvalue weighted by Gasteiger charge is -2.18. The fourth-order valence-electron chi connectivity index (χ4n) is 5.48. The van der Waals surface area contributed by atoms with Crippen LogP contribution in [0, 0.1) is 0 Å². The van der Waals surface area contributed by atoms with Crippen LogP contribution in [0.1, 0.15) is 193 Å². The van der Waals surface area contributed by atoms with Crippen LogP contribution in [0.4, 0.5) is 0 Å². The van der Waals surface area contributed by atoms with Gasteiger partial charge in [-0.15, -0.1) is 0 Å². The van der Waals surface area contributed by atoms with Gasteiger partial charge in [-0.2, -0.15) is 0 Å². The Balaban J connectivity index is 1.91. The van der Waals surface area contributed by atoms with E-state index in [2.05, 4.69) is 6.92 Å². The van der Waals surface area contributed by atoms with Gasteiger partial charge in [0.2, 0.25) is 0 Å². The van der Waals surface area contributed by atoms with Gasteiger partial charge in [0.1, 0.15) is 6.10 Å². The van der Waals surface area contributed by atoms with E-state index < -0.39 is 0 Å². The molecule has 1 rings (SSSR count). The number of hydrogen-bond acceptors (Lipinski definition) is 2. The van der Waals surface area contributed by atoms with Crippen LogP contribution in [0.2, 0.25) is 0 Å². The highest BCUT2D eigenvalue weighted by molar-refractivity contribution is 5.69. The fourth-order valence-corrected chi connectivity index (χ4v) is 5.48. The third kappa shape index (κ3) is 22.0. The zero-order chi connectivity index (χ0) is 24.4. The van der Waals surface area contributed by atoms with Gasteiger partial charge in [-0.1, -0.05) is 155 Å². The Bertz CT molecular complexity index is 405. The summed E-state index contributed by atoms with van der Waals surface area (Å²) in [6.07, 6.45) is 38.4. The summed E-state index contributed by atoms with van der Waals surface area (Å²) in [6, 6.07) is 0. The maximum absolute atomic E-state index is 12.4. The SMILES string of the molecule is CCCCCCCCCCCCCCCCCCC(=O)OC1CCCCCCCCCCCC1. The molecule has 0 atom stereocenters. The van der Waals surface area contributed by atoms with E-state index >= 15 is 0 Å². The molecule has 0 N–H and O–H groups in total. The molecule has 0 aliphatic heterocycles. The number of esters is 1. The average molecular weight is 479 g/mol. The van der Waals surface area contributed by atoms with Crippen molar-refractivity contribution in [2.75, 3.05) is 0 Å². The van der Waals surface area contributed by atoms with Crippen LogP contribution in [0.25, 0.3) is 0 Å². The van der Waals surface area contributed by atoms with Crippen LogP contribution in [-0.4, -0.2) is 12.1 Å². The average Bonchev–Trinajstić information content (AvgIpc) is 2.86. The number of unbranched alkanes of at least 4 members (excludes halogenated alkanes) is 15. The van der Waals surface area contributed by atoms with Crippen LogP contribution >= 0.6 is 0 Å². The van der Waals surface area contributed by atoms with E-state index in [4.69, 9.17) is 4.74 Å². The molecular weight excluding hydrogens is 416 g/mol. The minimum Gasteiger partial charge on any atom is -0.462 e. The monoisotopic (exact) mass is 478 g/mol. The lowest BCUT2D eigenvalue weighted by Crippen LogP contribution is -2.18. The first kappa shape index (κ1) is 31.5. The summed E-state index contributed by atoms with van der Waals surface area (Å²) in [7, 11) is 0. The van der Waals surface area contributed by atoms with Gasteiger partial charge in [0.15, 0.2) is 0 Å². The molecule has 1 fully saturated rings. The van der Waals surface area contributed by atoms with Crippen molar-refractivity contribution < 1.29 is 9.53 Å². The molecule has 0 amide bonds. The van der Waals surface area contributed by atoms with Crippen molar-refractivity contribution in [3.63, 3.8) is 0 Å². The lowest BCUT2D eigenvalue weighted by molar-refractivity contribution is -0.150. The van der Waals surface area contributed by atoms with Gasteiger partial charge in [0.05, 0.1) is 0 Å². The fraction of sp³-hybridized carbons (Fsp3) is 0.969. The van der Waals surface area contributed by atoms with E-state index in [9.17, 15) is 4.79 Å². The standard InChI is InChI=1S/C32H62O2/c1-2-3-4-5-6-7-8-9-10-11-12-13-18-21-24-27-30-32(33)34-31-28-25-22-19-16-14-15-17-20-23-26-29-31/h31H,2-30H2,1H3. The Morgan fingerprint density at radius 3 is 1.21 bits per heavy atom. The molecule has 0 heterocycles. The second-order valence-electron chi connectivity index (χ2n) is 11.3. The maximum Gasteiger partial charge on any atom is 0.306 e. The van der Waals surface area contributed by atoms with E-state index in [1.54, 1.807) is 0 Å². The minimum absolute atomic E-state index is 0.0691. The molecule has 34 heavy (non-hydrogen) atoms. The Hall–Kier alpha value is -0.530. The van der Waals surface area contributed by atoms with Crippen LogP contribution in [0.5, 0.6) is 0 Å². The predicted molar refractivity (Wildman–Crippen MR) is 149 cm³/mol. The summed E-state index contributed by atoms with van der Waals surface area (Å²) in [5.41, 5.74) is 0. The summed E-state index contributed by atoms with van der Waals surface area (Å²) in [5, 5.41) is 0. The second-order valence-corrected chi connectivity index (χ2v) is 11.3. The van der Waals surface area contributed by atoms with Crippen molar-refractivity contribution in [2.45, 2.75) is 199 Å². The van der Waals surface area contributed by atoms with E-state index in [1.807, 2.05) is 0 Å². The molecule has 2 heteroatoms. The smallest absolute Gasteiger partial charge is 0.306 e. The summed E-state index contributed by atoms with van der Waals surface area (Å²) >= 11 is 0. The van der Waals surface area contributed by atoms with Crippen molar-refractivity contribution in [1.29, 1.82) is 0 Å². The quantitative estimate of drug-likeness (QED) is 0.145. The summed E-state index contributed by atoms with van der Waals surface area (Å²) in [4.78, 5) is 12.4. The highest BCUT2D eigenvalue weighted by Gasteiger charge is 2.14. The van der Waals surface area contributed by atoms with Crippen molar-refractivity contribution >= 4 is 5.97 Å². The van der Waals surface area contributed by atoms with E-state index in [1.165, 1.54) is 161 Å². The van der Waals surface area contributed by atoms with Crippen molar-refractivity contribution in [1.82, 2.24) is 0 Å². The molecule has 0 radical (unpaired) electrons. The first-order chi connectivity index (χ1) is 16.8. The van der Waals surface area contributed by atoms with Gasteiger partial charge in [-0.3, -0.25) is 4.79 Å². The van der Waals surface area contributed by atoms with Gasteiger partial charge in [0, 0.05) is 6.42 Å². The molecule has 1 aliphatic rings. The van der Waals surface area contributed by atoms with Crippen LogP contribution < -0.4 is 0 Å². The third-order valence-electron chi connectivity index (χ3n) is 7.83. The number of carbonyl (C=O) groups is 1. The number of rotatable bonds is 18. The highest BCUT2D eigenvalue weighted by atomic mass is 16.5. The Kier molecular flexibility index (Phi) is 23.7. The highest BCUT2D eigenvalue weighted by Crippen LogP contribution is 2.20. The first-order valence-electron chi connectivity index (χ1n) is 16.0. The molecule has 0 spiro atoms. The summed E-state index contributed by atoms with van der Waals surface area (Å²) in [6.45, 7) is 2.29. The molecule has 0 saturated heterocycles. The van der Waals surface area contributed by atoms with Gasteiger partial charge < -0.3 is 4.74 Å². The first-order valence-corrected chi connectivity index (χ1v) is 16.0. The largest absolute Gasteiger partial charge is 0.462 e. The Morgan fingerprint density at radius 2 is 0.824 bits per heavy atom. The van der Waals surface area contributed by atoms with Gasteiger partial charge in [-0.05, 0) is 32.1 Å². The second kappa shape index (κ2) is 25.6. The molecule has 0 aromatic carbocycles. The number of hydrogen-bond donors (Lipinski definition) is 0. The lowest BCUT2D eigenvalue weighted by atomic mass is 10.0. The molecule has 2 nitrogen and oxygen atoms in total. The molecule has 1 aliphatic carbocycles. The zero-order valence-corrected chi connectivity index (χ0v) is 23.4. The van der Waals surface area contributed by atoms with Crippen molar-refractivity contribution in [3.05, 3.63) is 0 Å². The topological polar surface area (TPSA) is 26.3 Å².